The zero-order valence-corrected chi connectivity index (χ0v) is 6.82. The SMILES string of the molecule is CCCNCc1csnn1. The Morgan fingerprint density at radius 2 is 2.60 bits per heavy atom. The second kappa shape index (κ2) is 4.35. The maximum atomic E-state index is 3.89. The molecular formula is C6H11N3S. The normalized spacial score (nSPS) is 10.1. The Bertz CT molecular complexity index is 162. The van der Waals surface area contributed by atoms with Crippen LogP contribution in [0.25, 0.3) is 0 Å². The minimum atomic E-state index is 0.852. The van der Waals surface area contributed by atoms with Crippen LogP contribution in [0.3, 0.4) is 0 Å². The van der Waals surface area contributed by atoms with Crippen LogP contribution in [0, 0.1) is 0 Å². The van der Waals surface area contributed by atoms with Crippen LogP contribution in [0.5, 0.6) is 0 Å². The van der Waals surface area contributed by atoms with Crippen molar-refractivity contribution in [3.05, 3.63) is 11.1 Å². The zero-order chi connectivity index (χ0) is 7.23. The van der Waals surface area contributed by atoms with Gasteiger partial charge in [0, 0.05) is 11.9 Å². The first-order chi connectivity index (χ1) is 4.93. The second-order valence-electron chi connectivity index (χ2n) is 2.07. The summed E-state index contributed by atoms with van der Waals surface area (Å²) in [5, 5.41) is 9.10. The van der Waals surface area contributed by atoms with Crippen molar-refractivity contribution in [1.29, 1.82) is 0 Å². The Balaban J connectivity index is 2.15. The molecule has 0 radical (unpaired) electrons. The first kappa shape index (κ1) is 7.63. The molecule has 0 spiro atoms. The van der Waals surface area contributed by atoms with Crippen molar-refractivity contribution in [2.75, 3.05) is 6.54 Å². The minimum absolute atomic E-state index is 0.852. The summed E-state index contributed by atoms with van der Waals surface area (Å²) in [4.78, 5) is 0. The van der Waals surface area contributed by atoms with E-state index in [-0.39, 0.29) is 0 Å². The molecule has 1 rings (SSSR count). The average molecular weight is 157 g/mol. The number of hydrogen-bond donors (Lipinski definition) is 1. The van der Waals surface area contributed by atoms with Crippen LogP contribution in [0.1, 0.15) is 19.0 Å². The molecule has 0 aliphatic carbocycles. The number of aromatic nitrogens is 2. The molecule has 10 heavy (non-hydrogen) atoms. The van der Waals surface area contributed by atoms with Gasteiger partial charge in [0.1, 0.15) is 0 Å². The van der Waals surface area contributed by atoms with Gasteiger partial charge < -0.3 is 5.32 Å². The van der Waals surface area contributed by atoms with Crippen LogP contribution in [0.2, 0.25) is 0 Å². The molecule has 0 amide bonds. The van der Waals surface area contributed by atoms with E-state index >= 15 is 0 Å². The Kier molecular flexibility index (Phi) is 3.32. The molecule has 0 aliphatic rings. The van der Waals surface area contributed by atoms with E-state index in [4.69, 9.17) is 0 Å². The van der Waals surface area contributed by atoms with Crippen molar-refractivity contribution < 1.29 is 0 Å². The van der Waals surface area contributed by atoms with Crippen molar-refractivity contribution in [3.63, 3.8) is 0 Å². The zero-order valence-electron chi connectivity index (χ0n) is 6.00. The summed E-state index contributed by atoms with van der Waals surface area (Å²) in [5.74, 6) is 0. The van der Waals surface area contributed by atoms with Crippen molar-refractivity contribution in [1.82, 2.24) is 14.9 Å². The third-order valence-electron chi connectivity index (χ3n) is 1.14. The Hall–Kier alpha value is -0.480. The highest BCUT2D eigenvalue weighted by atomic mass is 32.1. The highest BCUT2D eigenvalue weighted by molar-refractivity contribution is 7.03. The van der Waals surface area contributed by atoms with Crippen molar-refractivity contribution >= 4 is 11.5 Å². The fourth-order valence-electron chi connectivity index (χ4n) is 0.654. The maximum absolute atomic E-state index is 3.89. The number of nitrogens with one attached hydrogen (secondary N) is 1. The van der Waals surface area contributed by atoms with Crippen molar-refractivity contribution in [2.24, 2.45) is 0 Å². The van der Waals surface area contributed by atoms with Gasteiger partial charge in [0.05, 0.1) is 5.69 Å². The summed E-state index contributed by atoms with van der Waals surface area (Å²) in [5.41, 5.74) is 1.04. The minimum Gasteiger partial charge on any atom is -0.311 e. The van der Waals surface area contributed by atoms with E-state index in [0.717, 1.165) is 25.2 Å². The summed E-state index contributed by atoms with van der Waals surface area (Å²) < 4.78 is 3.75. The first-order valence-electron chi connectivity index (χ1n) is 3.40. The number of hydrogen-bond acceptors (Lipinski definition) is 4. The van der Waals surface area contributed by atoms with Gasteiger partial charge in [-0.15, -0.1) is 5.10 Å². The maximum Gasteiger partial charge on any atom is 0.0893 e. The first-order valence-corrected chi connectivity index (χ1v) is 4.23. The molecule has 0 aliphatic heterocycles. The highest BCUT2D eigenvalue weighted by Crippen LogP contribution is 1.94. The molecule has 1 heterocycles. The standard InChI is InChI=1S/C6H11N3S/c1-2-3-7-4-6-5-10-9-8-6/h5,7H,2-4H2,1H3. The van der Waals surface area contributed by atoms with E-state index in [0.29, 0.717) is 0 Å². The van der Waals surface area contributed by atoms with Gasteiger partial charge in [0.2, 0.25) is 0 Å². The van der Waals surface area contributed by atoms with Gasteiger partial charge in [-0.2, -0.15) is 0 Å². The molecule has 1 aromatic heterocycles. The van der Waals surface area contributed by atoms with Gasteiger partial charge in [0.15, 0.2) is 0 Å². The van der Waals surface area contributed by atoms with E-state index < -0.39 is 0 Å². The van der Waals surface area contributed by atoms with Gasteiger partial charge in [0.25, 0.3) is 0 Å². The summed E-state index contributed by atoms with van der Waals surface area (Å²) in [6, 6.07) is 0. The molecule has 0 aromatic carbocycles. The Morgan fingerprint density at radius 1 is 1.70 bits per heavy atom. The van der Waals surface area contributed by atoms with Crippen LogP contribution in [-0.4, -0.2) is 16.1 Å². The lowest BCUT2D eigenvalue weighted by molar-refractivity contribution is 0.662. The smallest absolute Gasteiger partial charge is 0.0893 e. The lowest BCUT2D eigenvalue weighted by Gasteiger charge is -1.96. The Labute approximate surface area is 64.6 Å². The Morgan fingerprint density at radius 3 is 3.20 bits per heavy atom. The van der Waals surface area contributed by atoms with E-state index in [2.05, 4.69) is 21.8 Å². The third kappa shape index (κ3) is 2.41. The van der Waals surface area contributed by atoms with E-state index in [1.54, 1.807) is 0 Å². The van der Waals surface area contributed by atoms with E-state index in [1.165, 1.54) is 11.5 Å². The summed E-state index contributed by atoms with van der Waals surface area (Å²) >= 11 is 1.40. The lowest BCUT2D eigenvalue weighted by Crippen LogP contribution is -2.13. The third-order valence-corrected chi connectivity index (χ3v) is 1.69. The summed E-state index contributed by atoms with van der Waals surface area (Å²) in [6.45, 7) is 4.05. The molecule has 1 N–H and O–H groups in total. The predicted octanol–water partition coefficient (Wildman–Crippen LogP) is 1.04. The molecule has 0 saturated carbocycles. The molecule has 0 fully saturated rings. The molecular weight excluding hydrogens is 146 g/mol. The topological polar surface area (TPSA) is 37.8 Å². The van der Waals surface area contributed by atoms with Gasteiger partial charge in [-0.1, -0.05) is 11.4 Å². The van der Waals surface area contributed by atoms with Crippen LogP contribution in [0.15, 0.2) is 5.38 Å². The average Bonchev–Trinajstić information content (AvgIpc) is 2.41. The van der Waals surface area contributed by atoms with Crippen LogP contribution in [-0.2, 0) is 6.54 Å². The van der Waals surface area contributed by atoms with Gasteiger partial charge in [-0.25, -0.2) is 0 Å². The van der Waals surface area contributed by atoms with Gasteiger partial charge >= 0.3 is 0 Å². The number of nitrogens with zero attached hydrogens (tertiary/aromatic N) is 2. The summed E-state index contributed by atoms with van der Waals surface area (Å²) in [6.07, 6.45) is 1.16. The molecule has 4 heteroatoms. The summed E-state index contributed by atoms with van der Waals surface area (Å²) in [7, 11) is 0. The fourth-order valence-corrected chi connectivity index (χ4v) is 1.11. The van der Waals surface area contributed by atoms with E-state index in [9.17, 15) is 0 Å². The van der Waals surface area contributed by atoms with E-state index in [1.807, 2.05) is 5.38 Å². The van der Waals surface area contributed by atoms with Gasteiger partial charge in [-0.05, 0) is 24.5 Å². The number of rotatable bonds is 4. The molecule has 0 saturated heterocycles. The fraction of sp³-hybridized carbons (Fsp3) is 0.667. The molecule has 0 bridgehead atoms. The lowest BCUT2D eigenvalue weighted by atomic mass is 10.4. The predicted molar refractivity (Wildman–Crippen MR) is 41.9 cm³/mol. The van der Waals surface area contributed by atoms with Crippen molar-refractivity contribution in [2.45, 2.75) is 19.9 Å². The molecule has 1 aromatic rings. The largest absolute Gasteiger partial charge is 0.311 e. The molecule has 56 valence electrons. The quantitative estimate of drug-likeness (QED) is 0.663. The monoisotopic (exact) mass is 157 g/mol. The van der Waals surface area contributed by atoms with Crippen LogP contribution < -0.4 is 5.32 Å². The van der Waals surface area contributed by atoms with Gasteiger partial charge in [-0.3, -0.25) is 0 Å². The van der Waals surface area contributed by atoms with Crippen LogP contribution >= 0.6 is 11.5 Å². The van der Waals surface area contributed by atoms with Crippen molar-refractivity contribution in [3.8, 4) is 0 Å². The second-order valence-corrected chi connectivity index (χ2v) is 2.68. The van der Waals surface area contributed by atoms with Crippen LogP contribution in [0.4, 0.5) is 0 Å². The molecule has 0 atom stereocenters. The molecule has 3 nitrogen and oxygen atoms in total. The molecule has 0 unspecified atom stereocenters. The highest BCUT2D eigenvalue weighted by Gasteiger charge is 1.92.